The molecule has 0 saturated carbocycles. The van der Waals surface area contributed by atoms with Gasteiger partial charge in [0.2, 0.25) is 0 Å². The van der Waals surface area contributed by atoms with Gasteiger partial charge in [-0.3, -0.25) is 9.35 Å². The van der Waals surface area contributed by atoms with Gasteiger partial charge in [0.1, 0.15) is 30.5 Å². The van der Waals surface area contributed by atoms with Crippen molar-refractivity contribution in [2.24, 2.45) is 0 Å². The van der Waals surface area contributed by atoms with Gasteiger partial charge in [0, 0.05) is 13.0 Å². The van der Waals surface area contributed by atoms with Gasteiger partial charge >= 0.3 is 16.4 Å². The smallest absolute Gasteiger partial charge is 0.397 e. The minimum Gasteiger partial charge on any atom is -0.457 e. The minimum atomic E-state index is -5.07. The lowest BCUT2D eigenvalue weighted by atomic mass is 9.99. The van der Waals surface area contributed by atoms with E-state index in [9.17, 15) is 33.1 Å². The average Bonchev–Trinajstić information content (AvgIpc) is 3.38. The van der Waals surface area contributed by atoms with E-state index in [1.807, 2.05) is 0 Å². The predicted octanol–water partition coefficient (Wildman–Crippen LogP) is 15.4. The van der Waals surface area contributed by atoms with Gasteiger partial charge < -0.3 is 34.3 Å². The lowest BCUT2D eigenvalue weighted by molar-refractivity contribution is -0.301. The van der Waals surface area contributed by atoms with Crippen LogP contribution in [0.25, 0.3) is 0 Å². The number of allylic oxidation sites excluding steroid dienone is 8. The van der Waals surface area contributed by atoms with Crippen LogP contribution in [0.15, 0.2) is 48.6 Å². The van der Waals surface area contributed by atoms with E-state index < -0.39 is 59.8 Å². The number of rotatable bonds is 54. The van der Waals surface area contributed by atoms with E-state index in [1.165, 1.54) is 193 Å². The third kappa shape index (κ3) is 44.1. The third-order valence-electron chi connectivity index (χ3n) is 13.9. The Kier molecular flexibility index (Phi) is 49.0. The van der Waals surface area contributed by atoms with Crippen LogP contribution in [0, 0.1) is 0 Å². The summed E-state index contributed by atoms with van der Waals surface area (Å²) >= 11 is 0. The number of carbonyl (C=O) groups is 1. The fourth-order valence-electron chi connectivity index (χ4n) is 9.32. The SMILES string of the molecule is CCCCCCC/C=C\C/C=C\C/C=C\CCCCCCCCCCCCCOCC(COC1OC(CO)C(O)C(OS(=O)(=O)O)C1O)OC(=O)CCCCCCCCCCC/C=C\CCCCCCCCCC. The highest BCUT2D eigenvalue weighted by Gasteiger charge is 2.48. The van der Waals surface area contributed by atoms with E-state index in [0.717, 1.165) is 51.4 Å². The molecule has 6 atom stereocenters. The standard InChI is InChI=1S/C61H112O12S/c1-3-5-7-9-11-13-15-17-19-21-23-25-26-27-28-29-31-33-35-37-39-41-43-45-47-49-51-69-53-55(54-70-61-59(65)60(73-74(66,67)68)58(64)56(52-62)72-61)71-57(63)50-48-46-44-42-40-38-36-34-32-30-24-22-20-18-16-14-12-10-8-6-4-2/h15,17,21-24,26-27,55-56,58-62,64-65H,3-14,16,18-20,25,28-54H2,1-2H3,(H,66,67,68)/b17-15-,23-21-,24-22-,27-26-. The third-order valence-corrected chi connectivity index (χ3v) is 14.4. The zero-order valence-corrected chi connectivity index (χ0v) is 48.0. The van der Waals surface area contributed by atoms with Crippen LogP contribution in [-0.2, 0) is 38.3 Å². The number of hydrogen-bond acceptors (Lipinski definition) is 11. The average molecular weight is 1070 g/mol. The summed E-state index contributed by atoms with van der Waals surface area (Å²) in [4.78, 5) is 13.0. The van der Waals surface area contributed by atoms with E-state index in [4.69, 9.17) is 18.9 Å². The molecule has 6 unspecified atom stereocenters. The van der Waals surface area contributed by atoms with E-state index in [2.05, 4.69) is 66.6 Å². The quantitative estimate of drug-likeness (QED) is 0.0196. The van der Waals surface area contributed by atoms with Gasteiger partial charge in [-0.05, 0) is 77.0 Å². The topological polar surface area (TPSA) is 178 Å². The highest BCUT2D eigenvalue weighted by molar-refractivity contribution is 7.80. The van der Waals surface area contributed by atoms with E-state index in [0.29, 0.717) is 13.0 Å². The molecular formula is C61H112O12S. The monoisotopic (exact) mass is 1070 g/mol. The highest BCUT2D eigenvalue weighted by Crippen LogP contribution is 2.26. The molecule has 74 heavy (non-hydrogen) atoms. The summed E-state index contributed by atoms with van der Waals surface area (Å²) in [6.07, 6.45) is 57.2. The molecule has 1 heterocycles. The van der Waals surface area contributed by atoms with Crippen LogP contribution in [0.1, 0.15) is 271 Å². The van der Waals surface area contributed by atoms with Crippen LogP contribution in [0.2, 0.25) is 0 Å². The molecule has 1 saturated heterocycles. The van der Waals surface area contributed by atoms with Crippen molar-refractivity contribution in [3.63, 3.8) is 0 Å². The first-order valence-corrected chi connectivity index (χ1v) is 31.8. The van der Waals surface area contributed by atoms with Crippen molar-refractivity contribution >= 4 is 16.4 Å². The molecule has 1 rings (SSSR count). The molecule has 0 radical (unpaired) electrons. The first-order chi connectivity index (χ1) is 36.1. The molecule has 13 heteroatoms. The lowest BCUT2D eigenvalue weighted by Gasteiger charge is -2.41. The van der Waals surface area contributed by atoms with E-state index in [1.54, 1.807) is 0 Å². The van der Waals surface area contributed by atoms with E-state index in [-0.39, 0.29) is 19.6 Å². The fraction of sp³-hybridized carbons (Fsp3) is 0.852. The molecule has 1 fully saturated rings. The van der Waals surface area contributed by atoms with Crippen molar-refractivity contribution in [2.75, 3.05) is 26.4 Å². The Hall–Kier alpha value is -1.94. The Balaban J connectivity index is 2.28. The van der Waals surface area contributed by atoms with Gasteiger partial charge in [-0.25, -0.2) is 4.18 Å². The molecule has 0 aliphatic carbocycles. The molecule has 0 aromatic rings. The lowest BCUT2D eigenvalue weighted by Crippen LogP contribution is -2.60. The van der Waals surface area contributed by atoms with Gasteiger partial charge in [-0.2, -0.15) is 8.42 Å². The number of carbonyl (C=O) groups excluding carboxylic acids is 1. The predicted molar refractivity (Wildman–Crippen MR) is 303 cm³/mol. The first kappa shape index (κ1) is 70.1. The van der Waals surface area contributed by atoms with Crippen LogP contribution in [0.3, 0.4) is 0 Å². The second kappa shape index (κ2) is 51.8. The summed E-state index contributed by atoms with van der Waals surface area (Å²) in [5, 5.41) is 30.9. The van der Waals surface area contributed by atoms with Crippen LogP contribution >= 0.6 is 0 Å². The second-order valence-electron chi connectivity index (χ2n) is 20.9. The zero-order valence-electron chi connectivity index (χ0n) is 47.2. The summed E-state index contributed by atoms with van der Waals surface area (Å²) in [5.41, 5.74) is 0. The van der Waals surface area contributed by atoms with Crippen molar-refractivity contribution in [2.45, 2.75) is 307 Å². The first-order valence-electron chi connectivity index (χ1n) is 30.4. The van der Waals surface area contributed by atoms with Crippen LogP contribution < -0.4 is 0 Å². The molecule has 0 aromatic heterocycles. The number of unbranched alkanes of at least 4 members (excludes halogenated alkanes) is 33. The number of hydrogen-bond donors (Lipinski definition) is 4. The molecule has 0 aromatic carbocycles. The van der Waals surface area contributed by atoms with Gasteiger partial charge in [-0.1, -0.05) is 236 Å². The van der Waals surface area contributed by atoms with Gasteiger partial charge in [0.15, 0.2) is 6.29 Å². The maximum absolute atomic E-state index is 13.0. The minimum absolute atomic E-state index is 0.0340. The number of esters is 1. The van der Waals surface area contributed by atoms with Crippen molar-refractivity contribution in [3.8, 4) is 0 Å². The second-order valence-corrected chi connectivity index (χ2v) is 22.0. The van der Waals surface area contributed by atoms with Gasteiger partial charge in [-0.15, -0.1) is 0 Å². The Labute approximate surface area is 453 Å². The molecule has 4 N–H and O–H groups in total. The van der Waals surface area contributed by atoms with Crippen molar-refractivity contribution in [1.82, 2.24) is 0 Å². The summed E-state index contributed by atoms with van der Waals surface area (Å²) in [6.45, 7) is 4.02. The summed E-state index contributed by atoms with van der Waals surface area (Å²) in [6, 6.07) is 0. The van der Waals surface area contributed by atoms with Gasteiger partial charge in [0.25, 0.3) is 0 Å². The molecule has 434 valence electrons. The molecule has 0 spiro atoms. The Bertz CT molecular complexity index is 1470. The number of ether oxygens (including phenoxy) is 4. The summed E-state index contributed by atoms with van der Waals surface area (Å²) in [5.74, 6) is -0.399. The van der Waals surface area contributed by atoms with Crippen molar-refractivity contribution in [1.29, 1.82) is 0 Å². The number of aliphatic hydroxyl groups excluding tert-OH is 3. The van der Waals surface area contributed by atoms with Crippen molar-refractivity contribution < 1.29 is 56.2 Å². The summed E-state index contributed by atoms with van der Waals surface area (Å²) < 4.78 is 59.5. The Morgan fingerprint density at radius 1 is 0.514 bits per heavy atom. The van der Waals surface area contributed by atoms with Crippen LogP contribution in [-0.4, -0.2) is 97.5 Å². The normalized spacial score (nSPS) is 19.0. The highest BCUT2D eigenvalue weighted by atomic mass is 32.3. The molecule has 1 aliphatic rings. The Morgan fingerprint density at radius 3 is 1.31 bits per heavy atom. The van der Waals surface area contributed by atoms with Crippen LogP contribution in [0.5, 0.6) is 0 Å². The molecule has 0 amide bonds. The Morgan fingerprint density at radius 2 is 0.892 bits per heavy atom. The molecule has 0 bridgehead atoms. The maximum Gasteiger partial charge on any atom is 0.397 e. The van der Waals surface area contributed by atoms with Crippen LogP contribution in [0.4, 0.5) is 0 Å². The maximum atomic E-state index is 13.0. The van der Waals surface area contributed by atoms with E-state index >= 15 is 0 Å². The molecule has 1 aliphatic heterocycles. The van der Waals surface area contributed by atoms with Crippen molar-refractivity contribution in [3.05, 3.63) is 48.6 Å². The molecule has 12 nitrogen and oxygen atoms in total. The zero-order chi connectivity index (χ0) is 53.8. The molecular weight excluding hydrogens is 957 g/mol. The largest absolute Gasteiger partial charge is 0.457 e. The summed E-state index contributed by atoms with van der Waals surface area (Å²) in [7, 11) is -5.07. The number of aliphatic hydroxyl groups is 3. The van der Waals surface area contributed by atoms with Gasteiger partial charge in [0.05, 0.1) is 19.8 Å². The fourth-order valence-corrected chi connectivity index (χ4v) is 9.83.